The van der Waals surface area contributed by atoms with Crippen LogP contribution in [0, 0.1) is 0 Å². The van der Waals surface area contributed by atoms with Gasteiger partial charge in [0.2, 0.25) is 5.91 Å². The van der Waals surface area contributed by atoms with Crippen LogP contribution < -0.4 is 16.0 Å². The number of nitrogens with one attached hydrogen (secondary N) is 1. The van der Waals surface area contributed by atoms with Crippen molar-refractivity contribution in [3.63, 3.8) is 0 Å². The fourth-order valence-electron chi connectivity index (χ4n) is 2.41. The quantitative estimate of drug-likeness (QED) is 0.778. The number of hydrogen-bond donors (Lipinski definition) is 2. The van der Waals surface area contributed by atoms with Crippen molar-refractivity contribution >= 4 is 28.9 Å². The Hall–Kier alpha value is -2.86. The van der Waals surface area contributed by atoms with Gasteiger partial charge in [0.05, 0.1) is 17.9 Å². The molecule has 138 valence electrons. The number of carbonyl (C=O) groups excluding carboxylic acids is 2. The van der Waals surface area contributed by atoms with Gasteiger partial charge in [-0.15, -0.1) is 0 Å². The van der Waals surface area contributed by atoms with Gasteiger partial charge in [-0.2, -0.15) is 0 Å². The Morgan fingerprint density at radius 3 is 2.27 bits per heavy atom. The van der Waals surface area contributed by atoms with E-state index in [0.29, 0.717) is 11.4 Å². The predicted molar refractivity (Wildman–Crippen MR) is 103 cm³/mol. The molecule has 2 aromatic rings. The molecule has 6 nitrogen and oxygen atoms in total. The first-order chi connectivity index (χ1) is 12.3. The Morgan fingerprint density at radius 2 is 1.65 bits per heavy atom. The number of esters is 1. The lowest BCUT2D eigenvalue weighted by Gasteiger charge is -2.26. The molecule has 0 saturated heterocycles. The molecular weight excluding hydrogens is 330 g/mol. The van der Waals surface area contributed by atoms with Gasteiger partial charge < -0.3 is 15.8 Å². The van der Waals surface area contributed by atoms with Gasteiger partial charge >= 0.3 is 5.97 Å². The largest absolute Gasteiger partial charge is 0.459 e. The number of ether oxygens (including phenoxy) is 1. The van der Waals surface area contributed by atoms with Crippen LogP contribution in [0.4, 0.5) is 17.1 Å². The van der Waals surface area contributed by atoms with E-state index in [9.17, 15) is 9.59 Å². The third kappa shape index (κ3) is 5.60. The molecule has 0 atom stereocenters. The summed E-state index contributed by atoms with van der Waals surface area (Å²) in [5.41, 5.74) is 7.06. The lowest BCUT2D eigenvalue weighted by atomic mass is 10.2. The smallest absolute Gasteiger partial charge is 0.326 e. The third-order valence-corrected chi connectivity index (χ3v) is 3.43. The summed E-state index contributed by atoms with van der Waals surface area (Å²) in [4.78, 5) is 26.0. The number of para-hydroxylation sites is 3. The molecule has 0 aliphatic heterocycles. The predicted octanol–water partition coefficient (Wildman–Crippen LogP) is 3.06. The monoisotopic (exact) mass is 355 g/mol. The van der Waals surface area contributed by atoms with E-state index >= 15 is 0 Å². The number of rotatable bonds is 6. The van der Waals surface area contributed by atoms with Gasteiger partial charge in [0.25, 0.3) is 0 Å². The number of nitrogens with two attached hydrogens (primary N) is 1. The fourth-order valence-corrected chi connectivity index (χ4v) is 2.41. The van der Waals surface area contributed by atoms with Gasteiger partial charge in [-0.25, -0.2) is 0 Å². The summed E-state index contributed by atoms with van der Waals surface area (Å²) >= 11 is 0. The van der Waals surface area contributed by atoms with Crippen molar-refractivity contribution < 1.29 is 14.3 Å². The van der Waals surface area contributed by atoms with Crippen molar-refractivity contribution in [3.8, 4) is 0 Å². The molecule has 0 aliphatic carbocycles. The van der Waals surface area contributed by atoms with E-state index in [2.05, 4.69) is 5.32 Å². The molecule has 0 fully saturated rings. The number of hydrogen-bond acceptors (Lipinski definition) is 5. The molecule has 0 heterocycles. The summed E-state index contributed by atoms with van der Waals surface area (Å²) in [6.45, 7) is 4.93. The second-order valence-electron chi connectivity index (χ2n) is 6.78. The Kier molecular flexibility index (Phi) is 6.36. The van der Waals surface area contributed by atoms with Crippen LogP contribution in [0.2, 0.25) is 0 Å². The van der Waals surface area contributed by atoms with Crippen molar-refractivity contribution in [2.75, 3.05) is 23.3 Å². The maximum absolute atomic E-state index is 12.4. The number of amides is 1. The Bertz CT molecular complexity index is 754. The van der Waals surface area contributed by atoms with Crippen LogP contribution in [0.5, 0.6) is 0 Å². The summed E-state index contributed by atoms with van der Waals surface area (Å²) in [5, 5.41) is 3.27. The molecular formula is C20H25N3O3. The van der Waals surface area contributed by atoms with Crippen LogP contribution >= 0.6 is 0 Å². The minimum Gasteiger partial charge on any atom is -0.459 e. The number of nitrogens with zero attached hydrogens (tertiary/aromatic N) is 1. The average Bonchev–Trinajstić information content (AvgIpc) is 2.59. The number of anilines is 3. The lowest BCUT2D eigenvalue weighted by Crippen LogP contribution is -2.42. The zero-order valence-electron chi connectivity index (χ0n) is 15.4. The molecule has 0 saturated carbocycles. The molecule has 0 radical (unpaired) electrons. The number of carbonyl (C=O) groups is 2. The minimum atomic E-state index is -0.629. The Morgan fingerprint density at radius 1 is 1.04 bits per heavy atom. The van der Waals surface area contributed by atoms with Crippen LogP contribution in [-0.4, -0.2) is 30.6 Å². The van der Waals surface area contributed by atoms with Gasteiger partial charge in [-0.05, 0) is 45.0 Å². The van der Waals surface area contributed by atoms with Gasteiger partial charge in [0.15, 0.2) is 0 Å². The standard InChI is InChI=1S/C20H25N3O3/c1-20(2,3)26-19(25)14-23(18(24)13-21)17-12-8-7-11-16(17)22-15-9-5-4-6-10-15/h4-12,22H,13-14,21H2,1-3H3. The first kappa shape index (κ1) is 19.5. The zero-order chi connectivity index (χ0) is 19.2. The van der Waals surface area contributed by atoms with Crippen LogP contribution in [0.15, 0.2) is 54.6 Å². The van der Waals surface area contributed by atoms with E-state index in [1.807, 2.05) is 42.5 Å². The molecule has 2 rings (SSSR count). The summed E-state index contributed by atoms with van der Waals surface area (Å²) in [7, 11) is 0. The Labute approximate surface area is 153 Å². The van der Waals surface area contributed by atoms with Crippen molar-refractivity contribution in [1.29, 1.82) is 0 Å². The van der Waals surface area contributed by atoms with E-state index in [0.717, 1.165) is 5.69 Å². The summed E-state index contributed by atoms with van der Waals surface area (Å²) in [6.07, 6.45) is 0. The van der Waals surface area contributed by atoms with Crippen LogP contribution in [0.3, 0.4) is 0 Å². The normalized spacial score (nSPS) is 10.9. The molecule has 26 heavy (non-hydrogen) atoms. The topological polar surface area (TPSA) is 84.7 Å². The highest BCUT2D eigenvalue weighted by atomic mass is 16.6. The van der Waals surface area contributed by atoms with Crippen LogP contribution in [0.1, 0.15) is 20.8 Å². The van der Waals surface area contributed by atoms with Gasteiger partial charge in [0.1, 0.15) is 12.1 Å². The summed E-state index contributed by atoms with van der Waals surface area (Å²) in [5.74, 6) is -0.855. The molecule has 0 aromatic heterocycles. The van der Waals surface area contributed by atoms with Crippen LogP contribution in [0.25, 0.3) is 0 Å². The molecule has 0 spiro atoms. The van der Waals surface area contributed by atoms with Gasteiger partial charge in [0, 0.05) is 5.69 Å². The minimum absolute atomic E-state index is 0.206. The fraction of sp³-hybridized carbons (Fsp3) is 0.300. The SMILES string of the molecule is CC(C)(C)OC(=O)CN(C(=O)CN)c1ccccc1Nc1ccccc1. The van der Waals surface area contributed by atoms with Crippen molar-refractivity contribution in [1.82, 2.24) is 0 Å². The second-order valence-corrected chi connectivity index (χ2v) is 6.78. The molecule has 0 bridgehead atoms. The van der Waals surface area contributed by atoms with E-state index in [1.54, 1.807) is 32.9 Å². The summed E-state index contributed by atoms with van der Waals surface area (Å²) in [6, 6.07) is 16.8. The number of benzene rings is 2. The van der Waals surface area contributed by atoms with Gasteiger partial charge in [-0.3, -0.25) is 14.5 Å². The maximum Gasteiger partial charge on any atom is 0.326 e. The highest BCUT2D eigenvalue weighted by Crippen LogP contribution is 2.29. The molecule has 0 aliphatic rings. The van der Waals surface area contributed by atoms with Crippen LogP contribution in [-0.2, 0) is 14.3 Å². The van der Waals surface area contributed by atoms with Gasteiger partial charge in [-0.1, -0.05) is 30.3 Å². The molecule has 0 unspecified atom stereocenters. The second kappa shape index (κ2) is 8.49. The van der Waals surface area contributed by atoms with E-state index in [1.165, 1.54) is 4.90 Å². The molecule has 3 N–H and O–H groups in total. The lowest BCUT2D eigenvalue weighted by molar-refractivity contribution is -0.153. The Balaban J connectivity index is 2.30. The van der Waals surface area contributed by atoms with E-state index in [-0.39, 0.29) is 19.0 Å². The average molecular weight is 355 g/mol. The zero-order valence-corrected chi connectivity index (χ0v) is 15.4. The molecule has 2 aromatic carbocycles. The molecule has 1 amide bonds. The summed E-state index contributed by atoms with van der Waals surface area (Å²) < 4.78 is 5.35. The van der Waals surface area contributed by atoms with Crippen molar-refractivity contribution in [2.24, 2.45) is 5.73 Å². The van der Waals surface area contributed by atoms with Crippen molar-refractivity contribution in [3.05, 3.63) is 54.6 Å². The van der Waals surface area contributed by atoms with E-state index < -0.39 is 11.6 Å². The molecule has 6 heteroatoms. The first-order valence-corrected chi connectivity index (χ1v) is 8.43. The highest BCUT2D eigenvalue weighted by Gasteiger charge is 2.24. The third-order valence-electron chi connectivity index (χ3n) is 3.43. The maximum atomic E-state index is 12.4. The van der Waals surface area contributed by atoms with Crippen molar-refractivity contribution in [2.45, 2.75) is 26.4 Å². The first-order valence-electron chi connectivity index (χ1n) is 8.43. The van der Waals surface area contributed by atoms with E-state index in [4.69, 9.17) is 10.5 Å². The highest BCUT2D eigenvalue weighted by molar-refractivity contribution is 6.01.